The smallest absolute Gasteiger partial charge is 0.251 e. The fourth-order valence-electron chi connectivity index (χ4n) is 2.42. The van der Waals surface area contributed by atoms with Gasteiger partial charge in [0.1, 0.15) is 5.76 Å². The molecule has 0 unspecified atom stereocenters. The number of hydrogen-bond donors (Lipinski definition) is 2. The van der Waals surface area contributed by atoms with Crippen molar-refractivity contribution in [1.82, 2.24) is 10.0 Å². The van der Waals surface area contributed by atoms with Gasteiger partial charge >= 0.3 is 0 Å². The Labute approximate surface area is 168 Å². The molecule has 3 rings (SSSR count). The number of furan rings is 1. The van der Waals surface area contributed by atoms with Crippen LogP contribution in [0, 0.1) is 0 Å². The predicted octanol–water partition coefficient (Wildman–Crippen LogP) is 3.28. The summed E-state index contributed by atoms with van der Waals surface area (Å²) in [6.07, 6.45) is 1.48. The van der Waals surface area contributed by atoms with E-state index in [0.29, 0.717) is 17.9 Å². The molecule has 0 aliphatic heterocycles. The van der Waals surface area contributed by atoms with Crippen LogP contribution in [0.1, 0.15) is 16.1 Å². The zero-order chi connectivity index (χ0) is 19.8. The van der Waals surface area contributed by atoms with Gasteiger partial charge in [0.25, 0.3) is 5.91 Å². The molecule has 3 aromatic rings. The minimum Gasteiger partial charge on any atom is -0.468 e. The van der Waals surface area contributed by atoms with Crippen LogP contribution in [0.4, 0.5) is 0 Å². The summed E-state index contributed by atoms with van der Waals surface area (Å²) in [5.41, 5.74) is 0.297. The molecule has 0 aliphatic rings. The first-order valence-corrected chi connectivity index (χ1v) is 11.1. The molecule has 146 valence electrons. The van der Waals surface area contributed by atoms with E-state index in [-0.39, 0.29) is 17.3 Å². The number of rotatable bonds is 9. The van der Waals surface area contributed by atoms with E-state index in [0.717, 1.165) is 10.6 Å². The fraction of sp³-hybridized carbons (Fsp3) is 0.150. The van der Waals surface area contributed by atoms with Crippen LogP contribution in [-0.2, 0) is 16.6 Å². The largest absolute Gasteiger partial charge is 0.468 e. The van der Waals surface area contributed by atoms with Gasteiger partial charge in [-0.2, -0.15) is 0 Å². The molecule has 0 aliphatic carbocycles. The summed E-state index contributed by atoms with van der Waals surface area (Å²) in [5.74, 6) is 0.920. The summed E-state index contributed by atoms with van der Waals surface area (Å²) in [5, 5.41) is 2.81. The average molecular weight is 417 g/mol. The van der Waals surface area contributed by atoms with Crippen molar-refractivity contribution in [3.8, 4) is 0 Å². The minimum atomic E-state index is -3.75. The van der Waals surface area contributed by atoms with Crippen molar-refractivity contribution in [2.45, 2.75) is 16.3 Å². The molecule has 2 aromatic carbocycles. The molecular formula is C20H20N2O4S2. The molecule has 0 saturated heterocycles. The van der Waals surface area contributed by atoms with Crippen molar-refractivity contribution >= 4 is 27.7 Å². The van der Waals surface area contributed by atoms with Crippen LogP contribution in [0.2, 0.25) is 0 Å². The second-order valence-corrected chi connectivity index (χ2v) is 8.78. The molecule has 0 atom stereocenters. The van der Waals surface area contributed by atoms with E-state index < -0.39 is 10.0 Å². The number of sulfonamides is 1. The Morgan fingerprint density at radius 1 is 1.00 bits per heavy atom. The van der Waals surface area contributed by atoms with Crippen molar-refractivity contribution < 1.29 is 17.6 Å². The zero-order valence-electron chi connectivity index (χ0n) is 15.0. The summed E-state index contributed by atoms with van der Waals surface area (Å²) in [6.45, 7) is 0.522. The molecule has 0 fully saturated rings. The van der Waals surface area contributed by atoms with Crippen molar-refractivity contribution in [1.29, 1.82) is 0 Å². The first-order chi connectivity index (χ1) is 13.5. The summed E-state index contributed by atoms with van der Waals surface area (Å²) in [4.78, 5) is 13.5. The van der Waals surface area contributed by atoms with Gasteiger partial charge in [-0.15, -0.1) is 11.8 Å². The third kappa shape index (κ3) is 5.72. The van der Waals surface area contributed by atoms with E-state index in [4.69, 9.17) is 4.42 Å². The van der Waals surface area contributed by atoms with E-state index in [1.807, 2.05) is 30.3 Å². The van der Waals surface area contributed by atoms with E-state index >= 15 is 0 Å². The Kier molecular flexibility index (Phi) is 6.91. The number of carbonyl (C=O) groups excluding carboxylic acids is 1. The predicted molar refractivity (Wildman–Crippen MR) is 109 cm³/mol. The Morgan fingerprint density at radius 2 is 1.82 bits per heavy atom. The van der Waals surface area contributed by atoms with Crippen LogP contribution in [0.25, 0.3) is 0 Å². The Balaban J connectivity index is 1.55. The number of thioether (sulfide) groups is 1. The molecule has 2 N–H and O–H groups in total. The van der Waals surface area contributed by atoms with E-state index in [1.54, 1.807) is 36.0 Å². The van der Waals surface area contributed by atoms with Crippen molar-refractivity contribution in [2.24, 2.45) is 0 Å². The molecule has 1 aromatic heterocycles. The van der Waals surface area contributed by atoms with Gasteiger partial charge in [0, 0.05) is 22.8 Å². The van der Waals surface area contributed by atoms with E-state index in [9.17, 15) is 13.2 Å². The molecule has 0 radical (unpaired) electrons. The first-order valence-electron chi connectivity index (χ1n) is 8.63. The van der Waals surface area contributed by atoms with Crippen LogP contribution in [0.15, 0.2) is 87.2 Å². The number of nitrogens with one attached hydrogen (secondary N) is 2. The van der Waals surface area contributed by atoms with Crippen LogP contribution < -0.4 is 10.0 Å². The van der Waals surface area contributed by atoms with Gasteiger partial charge in [-0.1, -0.05) is 24.3 Å². The van der Waals surface area contributed by atoms with Gasteiger partial charge in [0.2, 0.25) is 10.0 Å². The Morgan fingerprint density at radius 3 is 2.57 bits per heavy atom. The summed E-state index contributed by atoms with van der Waals surface area (Å²) >= 11 is 1.64. The van der Waals surface area contributed by atoms with Gasteiger partial charge in [0.05, 0.1) is 17.7 Å². The van der Waals surface area contributed by atoms with Gasteiger partial charge in [-0.05, 0) is 42.5 Å². The van der Waals surface area contributed by atoms with Crippen LogP contribution in [-0.4, -0.2) is 26.6 Å². The topological polar surface area (TPSA) is 88.4 Å². The van der Waals surface area contributed by atoms with Crippen LogP contribution in [0.3, 0.4) is 0 Å². The Bertz CT molecular complexity index is 1000. The molecule has 1 heterocycles. The second-order valence-electron chi connectivity index (χ2n) is 5.85. The van der Waals surface area contributed by atoms with E-state index in [1.165, 1.54) is 18.4 Å². The second kappa shape index (κ2) is 9.59. The SMILES string of the molecule is O=C(NCCSc1ccccc1)c1cccc(S(=O)(=O)NCc2ccco2)c1. The minimum absolute atomic E-state index is 0.0327. The monoisotopic (exact) mass is 416 g/mol. The van der Waals surface area contributed by atoms with Gasteiger partial charge in [0.15, 0.2) is 0 Å². The van der Waals surface area contributed by atoms with Crippen LogP contribution >= 0.6 is 11.8 Å². The molecule has 0 bridgehead atoms. The van der Waals surface area contributed by atoms with Gasteiger partial charge in [-0.25, -0.2) is 13.1 Å². The zero-order valence-corrected chi connectivity index (χ0v) is 16.6. The highest BCUT2D eigenvalue weighted by Crippen LogP contribution is 2.16. The molecule has 1 amide bonds. The number of benzene rings is 2. The number of amides is 1. The van der Waals surface area contributed by atoms with Gasteiger partial charge < -0.3 is 9.73 Å². The average Bonchev–Trinajstić information content (AvgIpc) is 3.24. The molecule has 0 saturated carbocycles. The Hall–Kier alpha value is -2.55. The number of carbonyl (C=O) groups is 1. The normalized spacial score (nSPS) is 11.3. The highest BCUT2D eigenvalue weighted by Gasteiger charge is 2.16. The standard InChI is InChI=1S/C20H20N2O4S2/c23-20(21-11-13-27-18-8-2-1-3-9-18)16-6-4-10-19(14-16)28(24,25)22-15-17-7-5-12-26-17/h1-10,12,14,22H,11,13,15H2,(H,21,23). The van der Waals surface area contributed by atoms with Crippen molar-refractivity contribution in [3.05, 3.63) is 84.3 Å². The maximum absolute atomic E-state index is 12.4. The molecule has 6 nitrogen and oxygen atoms in total. The molecule has 0 spiro atoms. The fourth-order valence-corrected chi connectivity index (χ4v) is 4.25. The summed E-state index contributed by atoms with van der Waals surface area (Å²) < 4.78 is 32.4. The van der Waals surface area contributed by atoms with Crippen LogP contribution in [0.5, 0.6) is 0 Å². The quantitative estimate of drug-likeness (QED) is 0.413. The lowest BCUT2D eigenvalue weighted by Crippen LogP contribution is -2.27. The molecule has 8 heteroatoms. The summed E-state index contributed by atoms with van der Waals surface area (Å²) in [7, 11) is -3.75. The lowest BCUT2D eigenvalue weighted by Gasteiger charge is -2.08. The van der Waals surface area contributed by atoms with Crippen molar-refractivity contribution in [2.75, 3.05) is 12.3 Å². The maximum Gasteiger partial charge on any atom is 0.251 e. The van der Waals surface area contributed by atoms with Gasteiger partial charge in [-0.3, -0.25) is 4.79 Å². The number of hydrogen-bond acceptors (Lipinski definition) is 5. The highest BCUT2D eigenvalue weighted by molar-refractivity contribution is 7.99. The third-order valence-electron chi connectivity index (χ3n) is 3.82. The highest BCUT2D eigenvalue weighted by atomic mass is 32.2. The lowest BCUT2D eigenvalue weighted by molar-refractivity contribution is 0.0956. The lowest BCUT2D eigenvalue weighted by atomic mass is 10.2. The van der Waals surface area contributed by atoms with E-state index in [2.05, 4.69) is 10.0 Å². The van der Waals surface area contributed by atoms with Crippen molar-refractivity contribution in [3.63, 3.8) is 0 Å². The molecular weight excluding hydrogens is 396 g/mol. The third-order valence-corrected chi connectivity index (χ3v) is 6.24. The summed E-state index contributed by atoms with van der Waals surface area (Å²) in [6, 6.07) is 19.2. The first kappa shape index (κ1) is 20.2. The molecule has 28 heavy (non-hydrogen) atoms. The maximum atomic E-state index is 12.4.